The molecular formula is C32H43ClN4O3. The molecule has 0 aliphatic carbocycles. The van der Waals surface area contributed by atoms with Crippen molar-refractivity contribution < 1.29 is 14.7 Å². The zero-order valence-corrected chi connectivity index (χ0v) is 24.6. The summed E-state index contributed by atoms with van der Waals surface area (Å²) in [5, 5.41) is 11.8. The summed E-state index contributed by atoms with van der Waals surface area (Å²) in [6, 6.07) is 8.53. The van der Waals surface area contributed by atoms with Crippen LogP contribution in [0.2, 0.25) is 0 Å². The second kappa shape index (κ2) is 18.9. The molecule has 0 spiro atoms. The molecule has 0 aromatic heterocycles. The Morgan fingerprint density at radius 2 is 1.98 bits per heavy atom. The van der Waals surface area contributed by atoms with Gasteiger partial charge in [-0.1, -0.05) is 67.1 Å². The van der Waals surface area contributed by atoms with Crippen molar-refractivity contribution in [2.24, 2.45) is 9.98 Å². The normalized spacial score (nSPS) is 16.9. The summed E-state index contributed by atoms with van der Waals surface area (Å²) in [5.74, 6) is -0.941. The van der Waals surface area contributed by atoms with E-state index in [1.54, 1.807) is 12.2 Å². The van der Waals surface area contributed by atoms with E-state index in [1.165, 1.54) is 11.1 Å². The number of carboxylic acids is 1. The summed E-state index contributed by atoms with van der Waals surface area (Å²) >= 11 is 6.15. The third-order valence-corrected chi connectivity index (χ3v) is 6.81. The second-order valence-corrected chi connectivity index (χ2v) is 10.2. The van der Waals surface area contributed by atoms with Gasteiger partial charge in [0.05, 0.1) is 29.9 Å². The molecule has 1 aromatic rings. The molecule has 2 N–H and O–H groups in total. The maximum atomic E-state index is 13.0. The van der Waals surface area contributed by atoms with Crippen molar-refractivity contribution in [3.05, 3.63) is 84.0 Å². The molecule has 0 saturated heterocycles. The fraction of sp³-hybridized carbons (Fsp3) is 0.438. The number of nitrogens with one attached hydrogen (secondary N) is 1. The lowest BCUT2D eigenvalue weighted by molar-refractivity contribution is -0.137. The number of carbonyl (C=O) groups excluding carboxylic acids is 1. The molecule has 7 nitrogen and oxygen atoms in total. The number of hydrogen-bond acceptors (Lipinski definition) is 5. The van der Waals surface area contributed by atoms with Crippen LogP contribution in [-0.4, -0.2) is 71.4 Å². The molecule has 1 heterocycles. The van der Waals surface area contributed by atoms with Crippen molar-refractivity contribution >= 4 is 34.9 Å². The highest BCUT2D eigenvalue weighted by Gasteiger charge is 2.11. The lowest BCUT2D eigenvalue weighted by Crippen LogP contribution is -2.35. The van der Waals surface area contributed by atoms with Crippen molar-refractivity contribution in [3.63, 3.8) is 0 Å². The molecule has 1 amide bonds. The van der Waals surface area contributed by atoms with E-state index in [0.717, 1.165) is 31.1 Å². The predicted molar refractivity (Wildman–Crippen MR) is 167 cm³/mol. The van der Waals surface area contributed by atoms with Gasteiger partial charge in [-0.15, -0.1) is 18.2 Å². The van der Waals surface area contributed by atoms with E-state index >= 15 is 0 Å². The first kappa shape index (κ1) is 32.9. The fourth-order valence-corrected chi connectivity index (χ4v) is 4.16. The fourth-order valence-electron chi connectivity index (χ4n) is 4.05. The third-order valence-electron chi connectivity index (χ3n) is 6.45. The number of aryl methyl sites for hydroxylation is 1. The van der Waals surface area contributed by atoms with Crippen molar-refractivity contribution in [2.45, 2.75) is 57.9 Å². The highest BCUT2D eigenvalue weighted by Crippen LogP contribution is 2.10. The Kier molecular flexibility index (Phi) is 15.6. The number of carbonyl (C=O) groups is 2. The number of alkyl halides is 1. The van der Waals surface area contributed by atoms with Gasteiger partial charge < -0.3 is 10.4 Å². The van der Waals surface area contributed by atoms with Crippen LogP contribution in [0.5, 0.6) is 0 Å². The average Bonchev–Trinajstić information content (AvgIpc) is 2.94. The van der Waals surface area contributed by atoms with E-state index in [0.29, 0.717) is 50.9 Å². The largest absolute Gasteiger partial charge is 0.481 e. The second-order valence-electron chi connectivity index (χ2n) is 9.68. The molecule has 1 atom stereocenters. The van der Waals surface area contributed by atoms with E-state index < -0.39 is 5.97 Å². The number of aliphatic carboxylic acids is 1. The first-order chi connectivity index (χ1) is 19.3. The van der Waals surface area contributed by atoms with E-state index in [-0.39, 0.29) is 17.7 Å². The predicted octanol–water partition coefficient (Wildman–Crippen LogP) is 5.70. The van der Waals surface area contributed by atoms with Gasteiger partial charge in [0.1, 0.15) is 0 Å². The minimum Gasteiger partial charge on any atom is -0.481 e. The van der Waals surface area contributed by atoms with Gasteiger partial charge in [-0.25, -0.2) is 0 Å². The molecule has 1 aliphatic heterocycles. The van der Waals surface area contributed by atoms with Crippen LogP contribution < -0.4 is 5.32 Å². The van der Waals surface area contributed by atoms with Gasteiger partial charge in [0.25, 0.3) is 5.91 Å². The molecule has 0 bridgehead atoms. The van der Waals surface area contributed by atoms with Crippen LogP contribution in [0.1, 0.15) is 50.2 Å². The zero-order valence-electron chi connectivity index (χ0n) is 23.8. The number of halogens is 1. The highest BCUT2D eigenvalue weighted by atomic mass is 35.5. The van der Waals surface area contributed by atoms with Crippen molar-refractivity contribution in [2.75, 3.05) is 32.7 Å². The Hall–Kier alpha value is -3.29. The van der Waals surface area contributed by atoms with Gasteiger partial charge in [0.15, 0.2) is 0 Å². The van der Waals surface area contributed by atoms with Crippen molar-refractivity contribution in [1.82, 2.24) is 10.2 Å². The number of allylic oxidation sites excluding steroid dienone is 3. The van der Waals surface area contributed by atoms with E-state index in [2.05, 4.69) is 54.9 Å². The summed E-state index contributed by atoms with van der Waals surface area (Å²) in [5.41, 5.74) is 4.61. The Labute approximate surface area is 244 Å². The molecule has 8 heteroatoms. The van der Waals surface area contributed by atoms with Crippen LogP contribution >= 0.6 is 11.6 Å². The number of aliphatic imine (C=N–C) groups is 2. The number of amides is 1. The number of rotatable bonds is 16. The van der Waals surface area contributed by atoms with Crippen LogP contribution in [0.15, 0.2) is 82.9 Å². The highest BCUT2D eigenvalue weighted by molar-refractivity contribution is 6.46. The Morgan fingerprint density at radius 3 is 2.67 bits per heavy atom. The molecule has 0 saturated carbocycles. The Balaban J connectivity index is 2.02. The van der Waals surface area contributed by atoms with Crippen LogP contribution in [0.4, 0.5) is 0 Å². The van der Waals surface area contributed by atoms with Gasteiger partial charge in [0, 0.05) is 31.6 Å². The lowest BCUT2D eigenvalue weighted by atomic mass is 10.1. The number of benzene rings is 1. The summed E-state index contributed by atoms with van der Waals surface area (Å²) in [6.45, 7) is 11.7. The lowest BCUT2D eigenvalue weighted by Gasteiger charge is -2.21. The number of likely N-dealkylation sites (N-methyl/N-ethyl adjacent to an activating group) is 1. The minimum absolute atomic E-state index is 0.121. The van der Waals surface area contributed by atoms with Gasteiger partial charge in [-0.2, -0.15) is 0 Å². The monoisotopic (exact) mass is 566 g/mol. The first-order valence-corrected chi connectivity index (χ1v) is 14.4. The smallest absolute Gasteiger partial charge is 0.303 e. The molecule has 1 aromatic carbocycles. The van der Waals surface area contributed by atoms with Crippen molar-refractivity contribution in [1.29, 1.82) is 0 Å². The van der Waals surface area contributed by atoms with Crippen LogP contribution in [0, 0.1) is 6.92 Å². The molecule has 0 radical (unpaired) electrons. The zero-order chi connectivity index (χ0) is 29.2. The molecule has 0 fully saturated rings. The van der Waals surface area contributed by atoms with Gasteiger partial charge in [0.2, 0.25) is 0 Å². The summed E-state index contributed by atoms with van der Waals surface area (Å²) in [6.07, 6.45) is 13.6. The number of nitrogens with zero attached hydrogens (tertiary/aromatic N) is 3. The maximum Gasteiger partial charge on any atom is 0.303 e. The Bertz CT molecular complexity index is 1120. The summed E-state index contributed by atoms with van der Waals surface area (Å²) < 4.78 is 0. The summed E-state index contributed by atoms with van der Waals surface area (Å²) in [7, 11) is 0. The van der Waals surface area contributed by atoms with Crippen LogP contribution in [-0.2, 0) is 16.1 Å². The average molecular weight is 567 g/mol. The SMILES string of the molecule is C=CC(Cl)C/C=C/C1=NC/C=C\C(C(=O)NCCN(CC)Cc2ccc(C)cc2)=C/CN=C1CCCCC(=O)O. The van der Waals surface area contributed by atoms with Gasteiger partial charge in [-0.05, 0) is 50.8 Å². The molecule has 216 valence electrons. The summed E-state index contributed by atoms with van der Waals surface area (Å²) in [4.78, 5) is 35.6. The van der Waals surface area contributed by atoms with E-state index in [1.807, 2.05) is 24.3 Å². The maximum absolute atomic E-state index is 13.0. The molecular weight excluding hydrogens is 524 g/mol. The number of unbranched alkanes of at least 4 members (excludes halogenated alkanes) is 1. The number of hydrogen-bond donors (Lipinski definition) is 2. The molecule has 40 heavy (non-hydrogen) atoms. The molecule has 1 aliphatic rings. The molecule has 1 unspecified atom stereocenters. The first-order valence-electron chi connectivity index (χ1n) is 14.0. The minimum atomic E-state index is -0.805. The third kappa shape index (κ3) is 13.2. The van der Waals surface area contributed by atoms with E-state index in [4.69, 9.17) is 26.7 Å². The van der Waals surface area contributed by atoms with Gasteiger partial charge in [-0.3, -0.25) is 24.5 Å². The van der Waals surface area contributed by atoms with Gasteiger partial charge >= 0.3 is 5.97 Å². The topological polar surface area (TPSA) is 94.4 Å². The molecule has 2 rings (SSSR count). The van der Waals surface area contributed by atoms with Crippen LogP contribution in [0.3, 0.4) is 0 Å². The van der Waals surface area contributed by atoms with Crippen molar-refractivity contribution in [3.8, 4) is 0 Å². The quantitative estimate of drug-likeness (QED) is 0.152. The number of carboxylic acid groups (broad SMARTS) is 1. The Morgan fingerprint density at radius 1 is 1.20 bits per heavy atom. The van der Waals surface area contributed by atoms with Crippen LogP contribution in [0.25, 0.3) is 0 Å². The standard InChI is InChI=1S/C32H43ClN4O3/c1-4-28(33)11-8-13-30-29(12-6-7-14-31(38)39)35-21-19-27(10-9-20-34-30)32(40)36-22-23-37(5-2)24-26-17-15-25(3)16-18-26/h4,8-10,13,15-19,28H,1,5-7,11-12,14,20-24H2,2-3H3,(H,36,40)(H,38,39)/b10-9-,13-8+,27-19+,34-30?,35-29?. The van der Waals surface area contributed by atoms with E-state index in [9.17, 15) is 9.59 Å².